The Morgan fingerprint density at radius 1 is 1.40 bits per heavy atom. The highest BCUT2D eigenvalue weighted by Gasteiger charge is 2.24. The number of piperidine rings is 1. The maximum absolute atomic E-state index is 5.65. The van der Waals surface area contributed by atoms with E-state index in [1.165, 1.54) is 12.8 Å². The predicted octanol–water partition coefficient (Wildman–Crippen LogP) is 2.35. The topological polar surface area (TPSA) is 68.2 Å². The monoisotopic (exact) mass is 302 g/mol. The number of hydrogen-bond acceptors (Lipinski definition) is 5. The van der Waals surface area contributed by atoms with E-state index in [0.29, 0.717) is 0 Å². The predicted molar refractivity (Wildman–Crippen MR) is 81.9 cm³/mol. The Bertz CT molecular complexity index is 400. The van der Waals surface area contributed by atoms with Gasteiger partial charge in [-0.25, -0.2) is 0 Å². The van der Waals surface area contributed by atoms with Gasteiger partial charge < -0.3 is 10.3 Å². The van der Waals surface area contributed by atoms with Gasteiger partial charge in [0, 0.05) is 12.0 Å². The summed E-state index contributed by atoms with van der Waals surface area (Å²) in [6.07, 6.45) is 3.66. The van der Waals surface area contributed by atoms with Crippen LogP contribution in [0.4, 0.5) is 0 Å². The standard InChI is InChI=1S/C14H26N4O.ClH/c1-14(2,3)13-16-12(19-17-13)10-18-8-4-5-11(9-18)6-7-15;/h11H,4-10,15H2,1-3H3;1H. The van der Waals surface area contributed by atoms with Gasteiger partial charge in [-0.05, 0) is 38.3 Å². The zero-order valence-electron chi connectivity index (χ0n) is 12.8. The number of likely N-dealkylation sites (tertiary alicyclic amines) is 1. The van der Waals surface area contributed by atoms with Crippen molar-refractivity contribution in [3.05, 3.63) is 11.7 Å². The van der Waals surface area contributed by atoms with Gasteiger partial charge in [0.2, 0.25) is 5.89 Å². The maximum atomic E-state index is 5.65. The van der Waals surface area contributed by atoms with E-state index in [2.05, 4.69) is 35.8 Å². The van der Waals surface area contributed by atoms with E-state index < -0.39 is 0 Å². The number of aromatic nitrogens is 2. The number of rotatable bonds is 4. The summed E-state index contributed by atoms with van der Waals surface area (Å²) in [4.78, 5) is 6.91. The van der Waals surface area contributed by atoms with Crippen molar-refractivity contribution in [2.24, 2.45) is 11.7 Å². The molecule has 1 fully saturated rings. The summed E-state index contributed by atoms with van der Waals surface area (Å²) in [5.74, 6) is 2.25. The minimum absolute atomic E-state index is 0. The van der Waals surface area contributed by atoms with Gasteiger partial charge in [0.15, 0.2) is 5.82 Å². The van der Waals surface area contributed by atoms with Crippen molar-refractivity contribution in [3.63, 3.8) is 0 Å². The fourth-order valence-corrected chi connectivity index (χ4v) is 2.58. The third-order valence-corrected chi connectivity index (χ3v) is 3.68. The van der Waals surface area contributed by atoms with Crippen molar-refractivity contribution in [1.82, 2.24) is 15.0 Å². The van der Waals surface area contributed by atoms with Crippen molar-refractivity contribution in [2.75, 3.05) is 19.6 Å². The zero-order valence-corrected chi connectivity index (χ0v) is 13.6. The van der Waals surface area contributed by atoms with Gasteiger partial charge in [0.1, 0.15) is 0 Å². The van der Waals surface area contributed by atoms with Crippen LogP contribution in [0.25, 0.3) is 0 Å². The molecule has 0 radical (unpaired) electrons. The van der Waals surface area contributed by atoms with Crippen LogP contribution >= 0.6 is 12.4 Å². The molecule has 6 heteroatoms. The molecule has 0 amide bonds. The largest absolute Gasteiger partial charge is 0.338 e. The lowest BCUT2D eigenvalue weighted by atomic mass is 9.95. The maximum Gasteiger partial charge on any atom is 0.240 e. The summed E-state index contributed by atoms with van der Waals surface area (Å²) in [5, 5.41) is 4.08. The van der Waals surface area contributed by atoms with Crippen LogP contribution in [-0.2, 0) is 12.0 Å². The van der Waals surface area contributed by atoms with Crippen LogP contribution in [0.15, 0.2) is 4.52 Å². The molecule has 0 aliphatic carbocycles. The minimum atomic E-state index is -0.0499. The molecule has 1 aromatic heterocycles. The fourth-order valence-electron chi connectivity index (χ4n) is 2.58. The van der Waals surface area contributed by atoms with Gasteiger partial charge in [0.05, 0.1) is 6.54 Å². The van der Waals surface area contributed by atoms with Crippen molar-refractivity contribution >= 4 is 12.4 Å². The smallest absolute Gasteiger partial charge is 0.240 e. The Labute approximate surface area is 127 Å². The van der Waals surface area contributed by atoms with Crippen molar-refractivity contribution in [3.8, 4) is 0 Å². The van der Waals surface area contributed by atoms with Crippen molar-refractivity contribution in [1.29, 1.82) is 0 Å². The summed E-state index contributed by atoms with van der Waals surface area (Å²) >= 11 is 0. The summed E-state index contributed by atoms with van der Waals surface area (Å²) < 4.78 is 5.36. The van der Waals surface area contributed by atoms with Crippen molar-refractivity contribution < 1.29 is 4.52 Å². The second kappa shape index (κ2) is 7.38. The summed E-state index contributed by atoms with van der Waals surface area (Å²) in [7, 11) is 0. The highest BCUT2D eigenvalue weighted by Crippen LogP contribution is 2.22. The Morgan fingerprint density at radius 3 is 2.75 bits per heavy atom. The van der Waals surface area contributed by atoms with Crippen molar-refractivity contribution in [2.45, 2.75) is 52.0 Å². The minimum Gasteiger partial charge on any atom is -0.338 e. The number of nitrogens with zero attached hydrogens (tertiary/aromatic N) is 3. The lowest BCUT2D eigenvalue weighted by molar-refractivity contribution is 0.146. The fraction of sp³-hybridized carbons (Fsp3) is 0.857. The normalized spacial score (nSPS) is 20.7. The Kier molecular flexibility index (Phi) is 6.43. The van der Waals surface area contributed by atoms with Gasteiger partial charge in [-0.1, -0.05) is 25.9 Å². The molecular formula is C14H27ClN4O. The molecule has 116 valence electrons. The molecule has 1 aliphatic rings. The van der Waals surface area contributed by atoms with Crippen LogP contribution < -0.4 is 5.73 Å². The zero-order chi connectivity index (χ0) is 13.9. The lowest BCUT2D eigenvalue weighted by Crippen LogP contribution is -2.35. The van der Waals surface area contributed by atoms with Gasteiger partial charge in [-0.2, -0.15) is 4.98 Å². The molecule has 0 saturated carbocycles. The summed E-state index contributed by atoms with van der Waals surface area (Å²) in [5.41, 5.74) is 5.60. The van der Waals surface area contributed by atoms with E-state index >= 15 is 0 Å². The third kappa shape index (κ3) is 4.72. The highest BCUT2D eigenvalue weighted by atomic mass is 35.5. The first kappa shape index (κ1) is 17.4. The molecule has 2 rings (SSSR count). The molecule has 1 aromatic rings. The first-order chi connectivity index (χ1) is 8.99. The van der Waals surface area contributed by atoms with Crippen LogP contribution in [0.2, 0.25) is 0 Å². The van der Waals surface area contributed by atoms with Crippen LogP contribution in [0.1, 0.15) is 51.7 Å². The molecule has 0 bridgehead atoms. The van der Waals surface area contributed by atoms with Gasteiger partial charge >= 0.3 is 0 Å². The van der Waals surface area contributed by atoms with Crippen LogP contribution in [0, 0.1) is 5.92 Å². The van der Waals surface area contributed by atoms with E-state index in [-0.39, 0.29) is 17.8 Å². The van der Waals surface area contributed by atoms with Crippen LogP contribution in [-0.4, -0.2) is 34.7 Å². The quantitative estimate of drug-likeness (QED) is 0.924. The van der Waals surface area contributed by atoms with E-state index in [1.807, 2.05) is 0 Å². The summed E-state index contributed by atoms with van der Waals surface area (Å²) in [6.45, 7) is 10.1. The first-order valence-electron chi connectivity index (χ1n) is 7.24. The van der Waals surface area contributed by atoms with E-state index in [4.69, 9.17) is 10.3 Å². The molecule has 1 saturated heterocycles. The average molecular weight is 303 g/mol. The second-order valence-electron chi connectivity index (χ2n) is 6.58. The molecule has 1 atom stereocenters. The Hall–Kier alpha value is -0.650. The first-order valence-corrected chi connectivity index (χ1v) is 7.24. The van der Waals surface area contributed by atoms with Crippen LogP contribution in [0.5, 0.6) is 0 Å². The second-order valence-corrected chi connectivity index (χ2v) is 6.58. The highest BCUT2D eigenvalue weighted by molar-refractivity contribution is 5.85. The van der Waals surface area contributed by atoms with E-state index in [9.17, 15) is 0 Å². The molecule has 20 heavy (non-hydrogen) atoms. The Morgan fingerprint density at radius 2 is 2.15 bits per heavy atom. The Balaban J connectivity index is 0.00000200. The third-order valence-electron chi connectivity index (χ3n) is 3.68. The summed E-state index contributed by atoms with van der Waals surface area (Å²) in [6, 6.07) is 0. The molecule has 5 nitrogen and oxygen atoms in total. The molecule has 1 unspecified atom stereocenters. The number of nitrogens with two attached hydrogens (primary N) is 1. The van der Waals surface area contributed by atoms with E-state index in [0.717, 1.165) is 50.2 Å². The van der Waals surface area contributed by atoms with E-state index in [1.54, 1.807) is 0 Å². The van der Waals surface area contributed by atoms with Crippen LogP contribution in [0.3, 0.4) is 0 Å². The van der Waals surface area contributed by atoms with Gasteiger partial charge in [-0.15, -0.1) is 12.4 Å². The van der Waals surface area contributed by atoms with Gasteiger partial charge in [-0.3, -0.25) is 4.90 Å². The molecule has 2 N–H and O–H groups in total. The molecular weight excluding hydrogens is 276 g/mol. The molecule has 2 heterocycles. The molecule has 0 aromatic carbocycles. The lowest BCUT2D eigenvalue weighted by Gasteiger charge is -2.31. The number of halogens is 1. The average Bonchev–Trinajstić information content (AvgIpc) is 2.78. The van der Waals surface area contributed by atoms with Gasteiger partial charge in [0.25, 0.3) is 0 Å². The molecule has 1 aliphatic heterocycles. The molecule has 0 spiro atoms. The number of hydrogen-bond donors (Lipinski definition) is 1. The SMILES string of the molecule is CC(C)(C)c1noc(CN2CCCC(CCN)C2)n1.Cl.